The fourth-order valence-electron chi connectivity index (χ4n) is 5.30. The molecule has 0 saturated heterocycles. The van der Waals surface area contributed by atoms with Crippen LogP contribution in [0, 0.1) is 5.41 Å². The lowest BCUT2D eigenvalue weighted by Gasteiger charge is -2.27. The Bertz CT molecular complexity index is 1720. The van der Waals surface area contributed by atoms with E-state index in [4.69, 9.17) is 19.9 Å². The molecule has 0 aliphatic carbocycles. The van der Waals surface area contributed by atoms with Crippen LogP contribution >= 0.6 is 0 Å². The molecular formula is C32H42N8. The first kappa shape index (κ1) is 27.9. The smallest absolute Gasteiger partial charge is 0.254 e. The highest BCUT2D eigenvalue weighted by atomic mass is 15.3. The lowest BCUT2D eigenvalue weighted by molar-refractivity contribution is 0.418. The van der Waals surface area contributed by atoms with Crippen molar-refractivity contribution in [1.82, 2.24) is 34.7 Å². The van der Waals surface area contributed by atoms with Crippen LogP contribution in [0.4, 0.5) is 5.95 Å². The zero-order valence-corrected chi connectivity index (χ0v) is 26.0. The highest BCUT2D eigenvalue weighted by molar-refractivity contribution is 6.08. The Morgan fingerprint density at radius 2 is 1.32 bits per heavy atom. The van der Waals surface area contributed by atoms with E-state index in [2.05, 4.69) is 110 Å². The average molecular weight is 539 g/mol. The van der Waals surface area contributed by atoms with E-state index in [1.165, 1.54) is 5.56 Å². The maximum atomic E-state index is 5.13. The number of rotatable bonds is 0. The van der Waals surface area contributed by atoms with Gasteiger partial charge in [-0.15, -0.1) is 10.2 Å². The van der Waals surface area contributed by atoms with Crippen LogP contribution in [0.15, 0.2) is 23.2 Å². The fourth-order valence-corrected chi connectivity index (χ4v) is 5.30. The van der Waals surface area contributed by atoms with Crippen LogP contribution in [0.2, 0.25) is 0 Å². The summed E-state index contributed by atoms with van der Waals surface area (Å²) >= 11 is 0. The monoisotopic (exact) mass is 538 g/mol. The summed E-state index contributed by atoms with van der Waals surface area (Å²) in [5.41, 5.74) is 7.64. The lowest BCUT2D eigenvalue weighted by atomic mass is 9.77. The Hall–Kier alpha value is -3.68. The van der Waals surface area contributed by atoms with Gasteiger partial charge in [-0.05, 0) is 61.4 Å². The number of hydrogen-bond acceptors (Lipinski definition) is 6. The molecule has 3 aromatic rings. The number of aliphatic imine (C=N–C) groups is 1. The quantitative estimate of drug-likeness (QED) is 0.248. The molecule has 0 atom stereocenters. The van der Waals surface area contributed by atoms with Crippen molar-refractivity contribution in [2.75, 3.05) is 0 Å². The van der Waals surface area contributed by atoms with Crippen molar-refractivity contribution in [2.45, 2.75) is 99.5 Å². The maximum Gasteiger partial charge on any atom is 0.254 e. The SMILES string of the molecule is CC(C)(C)C1=Nc2nc1c(C(C)(C)C)c1[nH]c(cc3nc(cc4nnc(n2)n4C(C)(C)C)C=C3)cc1C(C)(C)C. The van der Waals surface area contributed by atoms with Crippen molar-refractivity contribution < 1.29 is 0 Å². The number of nitrogens with zero attached hydrogens (tertiary/aromatic N) is 7. The molecule has 0 spiro atoms. The zero-order chi connectivity index (χ0) is 29.4. The van der Waals surface area contributed by atoms with Crippen molar-refractivity contribution >= 4 is 46.3 Å². The molecule has 0 saturated carbocycles. The van der Waals surface area contributed by atoms with E-state index in [1.54, 1.807) is 0 Å². The molecule has 5 heterocycles. The van der Waals surface area contributed by atoms with Crippen LogP contribution in [0.3, 0.4) is 0 Å². The largest absolute Gasteiger partial charge is 0.355 e. The summed E-state index contributed by atoms with van der Waals surface area (Å²) in [6.07, 6.45) is 4.04. The fraction of sp³-hybridized carbons (Fsp3) is 0.500. The van der Waals surface area contributed by atoms with E-state index < -0.39 is 0 Å². The van der Waals surface area contributed by atoms with Crippen LogP contribution in [-0.2, 0) is 16.4 Å². The molecule has 2 aliphatic rings. The van der Waals surface area contributed by atoms with E-state index in [0.29, 0.717) is 17.4 Å². The van der Waals surface area contributed by atoms with Crippen molar-refractivity contribution in [1.29, 1.82) is 0 Å². The first-order valence-corrected chi connectivity index (χ1v) is 14.0. The van der Waals surface area contributed by atoms with Crippen LogP contribution in [0.1, 0.15) is 111 Å². The summed E-state index contributed by atoms with van der Waals surface area (Å²) in [5.74, 6) is 0.860. The van der Waals surface area contributed by atoms with Gasteiger partial charge in [-0.2, -0.15) is 4.98 Å². The molecule has 2 aliphatic heterocycles. The number of fused-ring (bicyclic) bond motifs is 8. The summed E-state index contributed by atoms with van der Waals surface area (Å²) in [6.45, 7) is 26.3. The molecular weight excluding hydrogens is 496 g/mol. The summed E-state index contributed by atoms with van der Waals surface area (Å²) in [6, 6.07) is 6.30. The van der Waals surface area contributed by atoms with Crippen LogP contribution in [0.5, 0.6) is 0 Å². The topological polar surface area (TPSA) is 97.5 Å². The zero-order valence-electron chi connectivity index (χ0n) is 26.0. The van der Waals surface area contributed by atoms with Gasteiger partial charge in [-0.3, -0.25) is 4.57 Å². The normalized spacial score (nSPS) is 14.6. The third-order valence-electron chi connectivity index (χ3n) is 7.05. The van der Waals surface area contributed by atoms with E-state index in [9.17, 15) is 0 Å². The number of aromatic amines is 1. The van der Waals surface area contributed by atoms with Crippen molar-refractivity contribution in [3.8, 4) is 0 Å². The highest BCUT2D eigenvalue weighted by Gasteiger charge is 2.34. The van der Waals surface area contributed by atoms with Crippen LogP contribution in [-0.4, -0.2) is 40.4 Å². The Morgan fingerprint density at radius 1 is 0.675 bits per heavy atom. The molecule has 3 aromatic heterocycles. The first-order valence-electron chi connectivity index (χ1n) is 14.0. The van der Waals surface area contributed by atoms with Crippen LogP contribution in [0.25, 0.3) is 34.6 Å². The van der Waals surface area contributed by atoms with Gasteiger partial charge < -0.3 is 4.98 Å². The second-order valence-corrected chi connectivity index (χ2v) is 14.9. The predicted molar refractivity (Wildman–Crippen MR) is 165 cm³/mol. The summed E-state index contributed by atoms with van der Waals surface area (Å²) in [5, 5.41) is 8.96. The van der Waals surface area contributed by atoms with Gasteiger partial charge in [-0.1, -0.05) is 62.3 Å². The predicted octanol–water partition coefficient (Wildman–Crippen LogP) is 7.66. The molecule has 0 unspecified atom stereocenters. The molecule has 8 nitrogen and oxygen atoms in total. The number of nitrogens with one attached hydrogen (secondary N) is 1. The van der Waals surface area contributed by atoms with E-state index >= 15 is 0 Å². The molecule has 0 radical (unpaired) electrons. The average Bonchev–Trinajstić information content (AvgIpc) is 3.53. The van der Waals surface area contributed by atoms with Gasteiger partial charge in [-0.25, -0.2) is 15.0 Å². The highest BCUT2D eigenvalue weighted by Crippen LogP contribution is 2.39. The summed E-state index contributed by atoms with van der Waals surface area (Å²) in [4.78, 5) is 23.7. The van der Waals surface area contributed by atoms with Gasteiger partial charge in [0.1, 0.15) is 0 Å². The third kappa shape index (κ3) is 5.11. The van der Waals surface area contributed by atoms with Crippen molar-refractivity contribution in [3.05, 3.63) is 46.4 Å². The molecule has 0 amide bonds. The minimum atomic E-state index is -0.327. The van der Waals surface area contributed by atoms with Gasteiger partial charge in [0.05, 0.1) is 22.8 Å². The van der Waals surface area contributed by atoms with Gasteiger partial charge in [0.2, 0.25) is 0 Å². The van der Waals surface area contributed by atoms with Gasteiger partial charge in [0.25, 0.3) is 11.7 Å². The van der Waals surface area contributed by atoms with E-state index in [0.717, 1.165) is 39.4 Å². The van der Waals surface area contributed by atoms with E-state index in [-0.39, 0.29) is 21.8 Å². The lowest BCUT2D eigenvalue weighted by Crippen LogP contribution is -2.26. The number of H-pyrrole nitrogens is 1. The second-order valence-electron chi connectivity index (χ2n) is 14.9. The third-order valence-corrected chi connectivity index (χ3v) is 7.05. The Labute approximate surface area is 237 Å². The molecule has 210 valence electrons. The maximum absolute atomic E-state index is 5.13. The summed E-state index contributed by atoms with van der Waals surface area (Å²) in [7, 11) is 0. The standard InChI is InChI=1S/C32H42N8/c1-29(2,3)21-16-20-15-18-13-14-19(33-18)17-22-38-39-28(40(22)32(10,11)12)37-27-35-25(26(36-27)31(7,8)9)23(24(21)34-20)30(4,5)6/h13-17,34H,1-12H3. The second kappa shape index (κ2) is 8.91. The van der Waals surface area contributed by atoms with Crippen molar-refractivity contribution in [2.24, 2.45) is 10.4 Å². The Balaban J connectivity index is 2.07. The minimum Gasteiger partial charge on any atom is -0.355 e. The van der Waals surface area contributed by atoms with Gasteiger partial charge >= 0.3 is 0 Å². The van der Waals surface area contributed by atoms with Gasteiger partial charge in [0, 0.05) is 33.6 Å². The summed E-state index contributed by atoms with van der Waals surface area (Å²) < 4.78 is 2.02. The number of hydrogen-bond donors (Lipinski definition) is 1. The molecule has 1 N–H and O–H groups in total. The molecule has 8 heteroatoms. The molecule has 40 heavy (non-hydrogen) atoms. The minimum absolute atomic E-state index is 0.107. The van der Waals surface area contributed by atoms with Crippen LogP contribution < -0.4 is 0 Å². The van der Waals surface area contributed by atoms with Crippen molar-refractivity contribution in [3.63, 3.8) is 0 Å². The molecule has 8 bridgehead atoms. The molecule has 0 aromatic carbocycles. The number of aromatic nitrogens is 7. The first-order chi connectivity index (χ1) is 18.3. The Morgan fingerprint density at radius 3 is 1.90 bits per heavy atom. The Kier molecular flexibility index (Phi) is 6.21. The molecule has 5 rings (SSSR count). The van der Waals surface area contributed by atoms with E-state index in [1.807, 2.05) is 22.8 Å². The van der Waals surface area contributed by atoms with Gasteiger partial charge in [0.15, 0.2) is 5.65 Å². The molecule has 0 fully saturated rings.